The molecule has 0 N–H and O–H groups in total. The van der Waals surface area contributed by atoms with E-state index in [0.29, 0.717) is 13.1 Å². The molecule has 0 spiro atoms. The average Bonchev–Trinajstić information content (AvgIpc) is 2.72. The summed E-state index contributed by atoms with van der Waals surface area (Å²) in [6, 6.07) is 10.1. The molecule has 4 rings (SSSR count). The second-order valence-electron chi connectivity index (χ2n) is 8.84. The van der Waals surface area contributed by atoms with Gasteiger partial charge in [0, 0.05) is 63.1 Å². The highest BCUT2D eigenvalue weighted by molar-refractivity contribution is 5.94. The van der Waals surface area contributed by atoms with Gasteiger partial charge in [0.15, 0.2) is 0 Å². The van der Waals surface area contributed by atoms with E-state index in [9.17, 15) is 4.79 Å². The Hall–Kier alpha value is -2.51. The standard InChI is InChI=1S/C24H33N5O2/c1-17-13-23(26-20(4)25-17)28-9-11-29(12-10-28)24(30)22-7-5-21(6-8-22)16-27-14-18(2)31-19(3)15-27/h5-8,13,18-19H,9-12,14-16H2,1-4H3. The molecule has 7 nitrogen and oxygen atoms in total. The number of hydrogen-bond donors (Lipinski definition) is 0. The molecular formula is C24H33N5O2. The van der Waals surface area contributed by atoms with Crippen molar-refractivity contribution in [3.63, 3.8) is 0 Å². The van der Waals surface area contributed by atoms with E-state index >= 15 is 0 Å². The van der Waals surface area contributed by atoms with Crippen molar-refractivity contribution in [3.05, 3.63) is 53.0 Å². The summed E-state index contributed by atoms with van der Waals surface area (Å²) in [7, 11) is 0. The predicted molar refractivity (Wildman–Crippen MR) is 121 cm³/mol. The van der Waals surface area contributed by atoms with Crippen molar-refractivity contribution in [2.75, 3.05) is 44.2 Å². The van der Waals surface area contributed by atoms with Crippen LogP contribution in [0, 0.1) is 13.8 Å². The Bertz CT molecular complexity index is 878. The quantitative estimate of drug-likeness (QED) is 0.754. The van der Waals surface area contributed by atoms with E-state index < -0.39 is 0 Å². The highest BCUT2D eigenvalue weighted by Crippen LogP contribution is 2.18. The van der Waals surface area contributed by atoms with Gasteiger partial charge in [0.1, 0.15) is 11.6 Å². The Kier molecular flexibility index (Phi) is 6.53. The molecule has 2 aliphatic heterocycles. The van der Waals surface area contributed by atoms with Crippen molar-refractivity contribution in [2.24, 2.45) is 0 Å². The summed E-state index contributed by atoms with van der Waals surface area (Å²) < 4.78 is 5.82. The molecule has 31 heavy (non-hydrogen) atoms. The summed E-state index contributed by atoms with van der Waals surface area (Å²) >= 11 is 0. The van der Waals surface area contributed by atoms with Crippen LogP contribution in [0.2, 0.25) is 0 Å². The van der Waals surface area contributed by atoms with Crippen LogP contribution in [0.1, 0.15) is 41.3 Å². The lowest BCUT2D eigenvalue weighted by Gasteiger charge is -2.36. The minimum absolute atomic E-state index is 0.106. The third kappa shape index (κ3) is 5.40. The number of rotatable bonds is 4. The Morgan fingerprint density at radius 2 is 1.65 bits per heavy atom. The number of anilines is 1. The normalized spacial score (nSPS) is 22.6. The number of ether oxygens (including phenoxy) is 1. The second-order valence-corrected chi connectivity index (χ2v) is 8.84. The van der Waals surface area contributed by atoms with E-state index in [2.05, 4.69) is 45.7 Å². The first-order valence-electron chi connectivity index (χ1n) is 11.2. The molecule has 2 saturated heterocycles. The zero-order valence-corrected chi connectivity index (χ0v) is 19.0. The summed E-state index contributed by atoms with van der Waals surface area (Å²) in [5.41, 5.74) is 2.97. The number of nitrogens with zero attached hydrogens (tertiary/aromatic N) is 5. The molecule has 0 aliphatic carbocycles. The molecule has 166 valence electrons. The third-order valence-corrected chi connectivity index (χ3v) is 5.95. The summed E-state index contributed by atoms with van der Waals surface area (Å²) in [5, 5.41) is 0. The number of piperazine rings is 1. The van der Waals surface area contributed by atoms with Gasteiger partial charge in [-0.2, -0.15) is 0 Å². The zero-order chi connectivity index (χ0) is 22.0. The Labute approximate surface area is 185 Å². The monoisotopic (exact) mass is 423 g/mol. The van der Waals surface area contributed by atoms with E-state index in [1.54, 1.807) is 0 Å². The summed E-state index contributed by atoms with van der Waals surface area (Å²) in [6.45, 7) is 13.9. The van der Waals surface area contributed by atoms with Crippen molar-refractivity contribution in [3.8, 4) is 0 Å². The first-order valence-corrected chi connectivity index (χ1v) is 11.2. The molecule has 2 unspecified atom stereocenters. The maximum atomic E-state index is 13.0. The van der Waals surface area contributed by atoms with Crippen LogP contribution in [0.4, 0.5) is 5.82 Å². The fourth-order valence-corrected chi connectivity index (χ4v) is 4.61. The van der Waals surface area contributed by atoms with E-state index in [4.69, 9.17) is 4.74 Å². The number of carbonyl (C=O) groups excluding carboxylic acids is 1. The lowest BCUT2D eigenvalue weighted by Crippen LogP contribution is -2.49. The average molecular weight is 424 g/mol. The molecule has 1 aromatic heterocycles. The van der Waals surface area contributed by atoms with Crippen LogP contribution in [0.25, 0.3) is 0 Å². The van der Waals surface area contributed by atoms with E-state index in [-0.39, 0.29) is 18.1 Å². The molecule has 7 heteroatoms. The Morgan fingerprint density at radius 3 is 2.26 bits per heavy atom. The van der Waals surface area contributed by atoms with Gasteiger partial charge < -0.3 is 14.5 Å². The van der Waals surface area contributed by atoms with E-state index in [1.165, 1.54) is 5.56 Å². The van der Waals surface area contributed by atoms with Gasteiger partial charge in [-0.1, -0.05) is 12.1 Å². The number of carbonyl (C=O) groups is 1. The number of benzene rings is 1. The van der Waals surface area contributed by atoms with Crippen molar-refractivity contribution in [1.82, 2.24) is 19.8 Å². The highest BCUT2D eigenvalue weighted by atomic mass is 16.5. The van der Waals surface area contributed by atoms with Crippen LogP contribution >= 0.6 is 0 Å². The van der Waals surface area contributed by atoms with Crippen LogP contribution in [0.5, 0.6) is 0 Å². The van der Waals surface area contributed by atoms with Gasteiger partial charge >= 0.3 is 0 Å². The Balaban J connectivity index is 1.32. The molecular weight excluding hydrogens is 390 g/mol. The van der Waals surface area contributed by atoms with Crippen LogP contribution in [0.3, 0.4) is 0 Å². The molecule has 2 atom stereocenters. The number of morpholine rings is 1. The van der Waals surface area contributed by atoms with Gasteiger partial charge in [0.2, 0.25) is 0 Å². The van der Waals surface area contributed by atoms with Crippen molar-refractivity contribution < 1.29 is 9.53 Å². The maximum Gasteiger partial charge on any atom is 0.253 e. The molecule has 0 saturated carbocycles. The summed E-state index contributed by atoms with van der Waals surface area (Å²) in [5.74, 6) is 1.85. The van der Waals surface area contributed by atoms with Crippen molar-refractivity contribution in [2.45, 2.75) is 46.4 Å². The van der Waals surface area contributed by atoms with Gasteiger partial charge in [-0.3, -0.25) is 9.69 Å². The van der Waals surface area contributed by atoms with Gasteiger partial charge in [0.25, 0.3) is 5.91 Å². The van der Waals surface area contributed by atoms with Crippen molar-refractivity contribution >= 4 is 11.7 Å². The molecule has 1 aromatic carbocycles. The molecule has 0 bridgehead atoms. The van der Waals surface area contributed by atoms with Crippen LogP contribution in [-0.4, -0.2) is 77.2 Å². The van der Waals surface area contributed by atoms with Crippen LogP contribution < -0.4 is 4.90 Å². The molecule has 3 heterocycles. The van der Waals surface area contributed by atoms with Crippen LogP contribution in [-0.2, 0) is 11.3 Å². The minimum atomic E-state index is 0.106. The number of aryl methyl sites for hydroxylation is 2. The smallest absolute Gasteiger partial charge is 0.253 e. The van der Waals surface area contributed by atoms with Gasteiger partial charge in [-0.05, 0) is 45.4 Å². The lowest BCUT2D eigenvalue weighted by molar-refractivity contribution is -0.0704. The summed E-state index contributed by atoms with van der Waals surface area (Å²) in [6.07, 6.45) is 0.525. The van der Waals surface area contributed by atoms with Gasteiger partial charge in [0.05, 0.1) is 12.2 Å². The molecule has 0 radical (unpaired) electrons. The number of aromatic nitrogens is 2. The second kappa shape index (κ2) is 9.32. The number of amides is 1. The van der Waals surface area contributed by atoms with Crippen molar-refractivity contribution in [1.29, 1.82) is 0 Å². The fourth-order valence-electron chi connectivity index (χ4n) is 4.61. The van der Waals surface area contributed by atoms with Crippen LogP contribution in [0.15, 0.2) is 30.3 Å². The molecule has 2 aliphatic rings. The summed E-state index contributed by atoms with van der Waals surface area (Å²) in [4.78, 5) is 28.5. The highest BCUT2D eigenvalue weighted by Gasteiger charge is 2.24. The van der Waals surface area contributed by atoms with Gasteiger partial charge in [-0.15, -0.1) is 0 Å². The fraction of sp³-hybridized carbons (Fsp3) is 0.542. The maximum absolute atomic E-state index is 13.0. The molecule has 2 fully saturated rings. The Morgan fingerprint density at radius 1 is 1.00 bits per heavy atom. The third-order valence-electron chi connectivity index (χ3n) is 5.95. The predicted octanol–water partition coefficient (Wildman–Crippen LogP) is 2.67. The topological polar surface area (TPSA) is 61.8 Å². The van der Waals surface area contributed by atoms with Gasteiger partial charge in [-0.25, -0.2) is 9.97 Å². The first-order chi connectivity index (χ1) is 14.9. The SMILES string of the molecule is Cc1cc(N2CCN(C(=O)c3ccc(CN4CC(C)OC(C)C4)cc3)CC2)nc(C)n1. The lowest BCUT2D eigenvalue weighted by atomic mass is 10.1. The molecule has 1 amide bonds. The van der Waals surface area contributed by atoms with E-state index in [1.807, 2.05) is 36.9 Å². The van der Waals surface area contributed by atoms with E-state index in [0.717, 1.165) is 55.6 Å². The number of hydrogen-bond acceptors (Lipinski definition) is 6. The largest absolute Gasteiger partial charge is 0.373 e. The minimum Gasteiger partial charge on any atom is -0.373 e. The first kappa shape index (κ1) is 21.7. The zero-order valence-electron chi connectivity index (χ0n) is 19.0. The molecule has 2 aromatic rings.